The molecule has 18 heavy (non-hydrogen) atoms. The Kier molecular flexibility index (Phi) is 3.16. The van der Waals surface area contributed by atoms with Crippen LogP contribution in [-0.4, -0.2) is 20.9 Å². The number of nitrogens with zero attached hydrogens (tertiary/aromatic N) is 2. The molecule has 0 aliphatic heterocycles. The molecule has 0 atom stereocenters. The van der Waals surface area contributed by atoms with Gasteiger partial charge in [-0.2, -0.15) is 5.10 Å². The topological polar surface area (TPSA) is 55.1 Å². The van der Waals surface area contributed by atoms with Gasteiger partial charge in [0.2, 0.25) is 0 Å². The van der Waals surface area contributed by atoms with E-state index in [0.29, 0.717) is 0 Å². The number of carbonyl (C=O) groups is 1. The normalized spacial score (nSPS) is 10.7. The Labute approximate surface area is 109 Å². The Bertz CT molecular complexity index is 617. The Morgan fingerprint density at radius 1 is 1.33 bits per heavy atom. The first kappa shape index (κ1) is 12.7. The third kappa shape index (κ3) is 2.13. The lowest BCUT2D eigenvalue weighted by Crippen LogP contribution is -2.00. The second-order valence-corrected chi connectivity index (χ2v) is 4.50. The number of hydrogen-bond donors (Lipinski definition) is 1. The maximum absolute atomic E-state index is 13.7. The van der Waals surface area contributed by atoms with Crippen LogP contribution in [0.2, 0.25) is 0 Å². The van der Waals surface area contributed by atoms with E-state index >= 15 is 0 Å². The van der Waals surface area contributed by atoms with Crippen LogP contribution in [0.3, 0.4) is 0 Å². The average Bonchev–Trinajstić information content (AvgIpc) is 2.59. The molecule has 1 N–H and O–H groups in total. The second-order valence-electron chi connectivity index (χ2n) is 3.59. The van der Waals surface area contributed by atoms with Crippen molar-refractivity contribution >= 4 is 21.9 Å². The monoisotopic (exact) mass is 316 g/mol. The summed E-state index contributed by atoms with van der Waals surface area (Å²) in [4.78, 5) is 10.8. The quantitative estimate of drug-likeness (QED) is 0.927. The molecule has 0 unspecified atom stereocenters. The maximum Gasteiger partial charge on any atom is 0.356 e. The second kappa shape index (κ2) is 4.49. The molecule has 0 fully saturated rings. The van der Waals surface area contributed by atoms with Gasteiger partial charge in [0, 0.05) is 11.5 Å². The molecule has 1 aromatic heterocycles. The van der Waals surface area contributed by atoms with Crippen molar-refractivity contribution in [1.29, 1.82) is 0 Å². The highest BCUT2D eigenvalue weighted by Gasteiger charge is 2.19. The summed E-state index contributed by atoms with van der Waals surface area (Å²) in [5.41, 5.74) is -0.509. The molecule has 0 aliphatic carbocycles. The molecular weight excluding hydrogens is 310 g/mol. The molecule has 2 rings (SSSR count). The molecule has 0 saturated carbocycles. The van der Waals surface area contributed by atoms with Gasteiger partial charge in [-0.3, -0.25) is 4.68 Å². The van der Waals surface area contributed by atoms with E-state index in [4.69, 9.17) is 5.11 Å². The van der Waals surface area contributed by atoms with Gasteiger partial charge in [0.05, 0.1) is 11.3 Å². The fourth-order valence-electron chi connectivity index (χ4n) is 1.59. The Morgan fingerprint density at radius 2 is 1.89 bits per heavy atom. The summed E-state index contributed by atoms with van der Waals surface area (Å²) in [6.45, 7) is 0. The molecule has 2 aromatic rings. The molecule has 0 radical (unpaired) electrons. The average molecular weight is 317 g/mol. The zero-order valence-electron chi connectivity index (χ0n) is 9.12. The standard InChI is InChI=1S/C11H7BrF2N2O2/c1-16-9(4-8(15-16)11(17)18)10-6(13)2-5(12)3-7(10)14/h2-4H,1H3,(H,17,18). The molecular formula is C11H7BrF2N2O2. The number of carboxylic acids is 1. The number of aromatic nitrogens is 2. The highest BCUT2D eigenvalue weighted by molar-refractivity contribution is 9.10. The lowest BCUT2D eigenvalue weighted by atomic mass is 10.1. The van der Waals surface area contributed by atoms with E-state index in [-0.39, 0.29) is 21.4 Å². The summed E-state index contributed by atoms with van der Waals surface area (Å²) in [6, 6.07) is 3.33. The van der Waals surface area contributed by atoms with Crippen molar-refractivity contribution in [2.24, 2.45) is 7.05 Å². The molecule has 4 nitrogen and oxygen atoms in total. The predicted octanol–water partition coefficient (Wildman–Crippen LogP) is 2.83. The summed E-state index contributed by atoms with van der Waals surface area (Å²) >= 11 is 2.97. The lowest BCUT2D eigenvalue weighted by molar-refractivity contribution is 0.0689. The fourth-order valence-corrected chi connectivity index (χ4v) is 1.99. The van der Waals surface area contributed by atoms with Crippen LogP contribution in [0.1, 0.15) is 10.5 Å². The van der Waals surface area contributed by atoms with Gasteiger partial charge in [-0.1, -0.05) is 15.9 Å². The van der Waals surface area contributed by atoms with E-state index in [1.54, 1.807) is 0 Å². The van der Waals surface area contributed by atoms with Gasteiger partial charge in [0.15, 0.2) is 5.69 Å². The van der Waals surface area contributed by atoms with E-state index in [2.05, 4.69) is 21.0 Å². The first-order valence-corrected chi connectivity index (χ1v) is 5.61. The maximum atomic E-state index is 13.7. The minimum absolute atomic E-state index is 0.0647. The molecule has 7 heteroatoms. The van der Waals surface area contributed by atoms with Gasteiger partial charge in [0.1, 0.15) is 11.6 Å². The molecule has 0 spiro atoms. The van der Waals surface area contributed by atoms with Gasteiger partial charge < -0.3 is 5.11 Å². The summed E-state index contributed by atoms with van der Waals surface area (Å²) in [5, 5.41) is 12.4. The Hall–Kier alpha value is -1.76. The molecule has 0 aliphatic rings. The summed E-state index contributed by atoms with van der Waals surface area (Å²) in [5.74, 6) is -2.83. The van der Waals surface area contributed by atoms with Crippen molar-refractivity contribution in [3.8, 4) is 11.3 Å². The van der Waals surface area contributed by atoms with Crippen molar-refractivity contribution < 1.29 is 18.7 Å². The van der Waals surface area contributed by atoms with Gasteiger partial charge in [-0.25, -0.2) is 13.6 Å². The minimum atomic E-state index is -1.25. The largest absolute Gasteiger partial charge is 0.476 e. The van der Waals surface area contributed by atoms with E-state index in [1.165, 1.54) is 7.05 Å². The van der Waals surface area contributed by atoms with Gasteiger partial charge in [-0.15, -0.1) is 0 Å². The fraction of sp³-hybridized carbons (Fsp3) is 0.0909. The highest BCUT2D eigenvalue weighted by Crippen LogP contribution is 2.29. The van der Waals surface area contributed by atoms with E-state index in [9.17, 15) is 13.6 Å². The van der Waals surface area contributed by atoms with Crippen LogP contribution in [0.25, 0.3) is 11.3 Å². The van der Waals surface area contributed by atoms with Crippen molar-refractivity contribution in [2.75, 3.05) is 0 Å². The SMILES string of the molecule is Cn1nc(C(=O)O)cc1-c1c(F)cc(Br)cc1F. The summed E-state index contributed by atoms with van der Waals surface area (Å²) < 4.78 is 28.8. The van der Waals surface area contributed by atoms with Crippen molar-refractivity contribution in [1.82, 2.24) is 9.78 Å². The number of halogens is 3. The van der Waals surface area contributed by atoms with Crippen LogP contribution in [0, 0.1) is 11.6 Å². The zero-order valence-corrected chi connectivity index (χ0v) is 10.7. The Balaban J connectivity index is 2.66. The molecule has 94 valence electrons. The smallest absolute Gasteiger partial charge is 0.356 e. The highest BCUT2D eigenvalue weighted by atomic mass is 79.9. The Morgan fingerprint density at radius 3 is 2.33 bits per heavy atom. The molecule has 1 heterocycles. The van der Waals surface area contributed by atoms with Crippen LogP contribution in [0.15, 0.2) is 22.7 Å². The van der Waals surface area contributed by atoms with Crippen LogP contribution in [0.4, 0.5) is 8.78 Å². The van der Waals surface area contributed by atoms with Crippen molar-refractivity contribution in [2.45, 2.75) is 0 Å². The minimum Gasteiger partial charge on any atom is -0.476 e. The predicted molar refractivity (Wildman–Crippen MR) is 63.2 cm³/mol. The number of aromatic carboxylic acids is 1. The third-order valence-corrected chi connectivity index (χ3v) is 2.82. The van der Waals surface area contributed by atoms with Crippen LogP contribution < -0.4 is 0 Å². The van der Waals surface area contributed by atoms with Crippen molar-refractivity contribution in [3.63, 3.8) is 0 Å². The number of benzene rings is 1. The van der Waals surface area contributed by atoms with Crippen molar-refractivity contribution in [3.05, 3.63) is 40.0 Å². The van der Waals surface area contributed by atoms with Crippen LogP contribution >= 0.6 is 15.9 Å². The van der Waals surface area contributed by atoms with E-state index in [1.807, 2.05) is 0 Å². The summed E-state index contributed by atoms with van der Waals surface area (Å²) in [6.07, 6.45) is 0. The van der Waals surface area contributed by atoms with E-state index < -0.39 is 17.6 Å². The number of hydrogen-bond acceptors (Lipinski definition) is 2. The molecule has 0 bridgehead atoms. The van der Waals surface area contributed by atoms with E-state index in [0.717, 1.165) is 22.9 Å². The number of aryl methyl sites for hydroxylation is 1. The molecule has 1 aromatic carbocycles. The van der Waals surface area contributed by atoms with Gasteiger partial charge in [-0.05, 0) is 18.2 Å². The first-order chi connectivity index (χ1) is 8.40. The number of rotatable bonds is 2. The van der Waals surface area contributed by atoms with Crippen LogP contribution in [-0.2, 0) is 7.05 Å². The zero-order chi connectivity index (χ0) is 13.4. The first-order valence-electron chi connectivity index (χ1n) is 4.82. The lowest BCUT2D eigenvalue weighted by Gasteiger charge is -2.05. The van der Waals surface area contributed by atoms with Gasteiger partial charge in [0.25, 0.3) is 0 Å². The third-order valence-electron chi connectivity index (χ3n) is 2.36. The van der Waals surface area contributed by atoms with Crippen LogP contribution in [0.5, 0.6) is 0 Å². The molecule has 0 amide bonds. The summed E-state index contributed by atoms with van der Waals surface area (Å²) in [7, 11) is 1.42. The van der Waals surface area contributed by atoms with Gasteiger partial charge >= 0.3 is 5.97 Å². The molecule has 0 saturated heterocycles. The number of carboxylic acid groups (broad SMARTS) is 1.